The number of hydrogen-bond donors (Lipinski definition) is 0. The molecular weight excluding hydrogens is 460 g/mol. The van der Waals surface area contributed by atoms with Crippen molar-refractivity contribution >= 4 is 8.07 Å². The molecule has 4 aliphatic rings. The van der Waals surface area contributed by atoms with Gasteiger partial charge in [0.15, 0.2) is 0 Å². The van der Waals surface area contributed by atoms with E-state index in [-0.39, 0.29) is 5.41 Å². The Morgan fingerprint density at radius 2 is 1.22 bits per heavy atom. The van der Waals surface area contributed by atoms with Crippen LogP contribution in [-0.2, 0) is 5.41 Å². The summed E-state index contributed by atoms with van der Waals surface area (Å²) in [6.45, 7) is 9.36. The van der Waals surface area contributed by atoms with Gasteiger partial charge in [-0.3, -0.25) is 0 Å². The first-order valence-electron chi connectivity index (χ1n) is 14.5. The van der Waals surface area contributed by atoms with Crippen molar-refractivity contribution in [3.8, 4) is 0 Å². The second-order valence-electron chi connectivity index (χ2n) is 12.7. The molecule has 2 aromatic rings. The molecule has 0 radical (unpaired) electrons. The summed E-state index contributed by atoms with van der Waals surface area (Å²) in [5, 5.41) is 0. The first kappa shape index (κ1) is 24.7. The maximum atomic E-state index is 4.14. The Morgan fingerprint density at radius 3 is 1.70 bits per heavy atom. The van der Waals surface area contributed by atoms with Crippen LogP contribution in [0.4, 0.5) is 0 Å². The van der Waals surface area contributed by atoms with Crippen LogP contribution < -0.4 is 0 Å². The van der Waals surface area contributed by atoms with E-state index in [1.54, 1.807) is 0 Å². The fraction of sp³-hybridized carbons (Fsp3) is 0.389. The number of rotatable bonds is 7. The Balaban J connectivity index is 1.57. The van der Waals surface area contributed by atoms with E-state index in [0.29, 0.717) is 35.5 Å². The molecular formula is C36H42Si. The zero-order valence-electron chi connectivity index (χ0n) is 22.5. The molecule has 4 aliphatic carbocycles. The maximum Gasteiger partial charge on any atom is 0.0542 e. The summed E-state index contributed by atoms with van der Waals surface area (Å²) in [4.78, 5) is 0. The van der Waals surface area contributed by atoms with Gasteiger partial charge in [0.05, 0.1) is 8.07 Å². The van der Waals surface area contributed by atoms with Gasteiger partial charge in [0, 0.05) is 5.41 Å². The highest BCUT2D eigenvalue weighted by atomic mass is 28.3. The van der Waals surface area contributed by atoms with Crippen molar-refractivity contribution < 1.29 is 0 Å². The van der Waals surface area contributed by atoms with Crippen LogP contribution in [0.1, 0.15) is 30.4 Å². The molecule has 6 unspecified atom stereocenters. The van der Waals surface area contributed by atoms with Gasteiger partial charge in [-0.2, -0.15) is 0 Å². The Bertz CT molecular complexity index is 1140. The topological polar surface area (TPSA) is 0 Å². The van der Waals surface area contributed by atoms with Crippen LogP contribution in [0.15, 0.2) is 122 Å². The van der Waals surface area contributed by atoms with Crippen molar-refractivity contribution in [2.45, 2.75) is 49.4 Å². The molecule has 1 heteroatoms. The van der Waals surface area contributed by atoms with Crippen molar-refractivity contribution in [2.24, 2.45) is 35.5 Å². The van der Waals surface area contributed by atoms with E-state index in [1.807, 2.05) is 0 Å². The first-order chi connectivity index (χ1) is 18.1. The van der Waals surface area contributed by atoms with Crippen molar-refractivity contribution in [3.63, 3.8) is 0 Å². The lowest BCUT2D eigenvalue weighted by Gasteiger charge is -2.50. The molecule has 2 saturated carbocycles. The van der Waals surface area contributed by atoms with Gasteiger partial charge in [-0.25, -0.2) is 0 Å². The Morgan fingerprint density at radius 1 is 0.730 bits per heavy atom. The molecule has 0 N–H and O–H groups in total. The lowest BCUT2D eigenvalue weighted by Crippen LogP contribution is -2.47. The normalized spacial score (nSPS) is 32.3. The minimum absolute atomic E-state index is 0.0106. The number of fused-ring (bicyclic) bond motifs is 3. The molecule has 0 heterocycles. The quantitative estimate of drug-likeness (QED) is 0.261. The molecule has 6 atom stereocenters. The van der Waals surface area contributed by atoms with Crippen molar-refractivity contribution in [1.82, 2.24) is 0 Å². The average Bonchev–Trinajstić information content (AvgIpc) is 3.56. The minimum atomic E-state index is -1.37. The van der Waals surface area contributed by atoms with Crippen LogP contribution in [0.25, 0.3) is 0 Å². The molecule has 0 amide bonds. The Kier molecular flexibility index (Phi) is 6.61. The van der Waals surface area contributed by atoms with Gasteiger partial charge in [0.2, 0.25) is 0 Å². The van der Waals surface area contributed by atoms with Gasteiger partial charge in [0.1, 0.15) is 0 Å². The summed E-state index contributed by atoms with van der Waals surface area (Å²) in [6.07, 6.45) is 25.7. The van der Waals surface area contributed by atoms with Crippen LogP contribution in [0.5, 0.6) is 0 Å². The van der Waals surface area contributed by atoms with Gasteiger partial charge in [-0.1, -0.05) is 135 Å². The maximum absolute atomic E-state index is 4.14. The average molecular weight is 503 g/mol. The van der Waals surface area contributed by atoms with Crippen LogP contribution in [0.2, 0.25) is 24.7 Å². The van der Waals surface area contributed by atoms with Crippen molar-refractivity contribution in [3.05, 3.63) is 133 Å². The third-order valence-electron chi connectivity index (χ3n) is 10.6. The molecule has 0 bridgehead atoms. The molecule has 0 saturated heterocycles. The van der Waals surface area contributed by atoms with Crippen molar-refractivity contribution in [1.29, 1.82) is 0 Å². The molecule has 0 nitrogen and oxygen atoms in total. The summed E-state index contributed by atoms with van der Waals surface area (Å²) in [5.41, 5.74) is 3.91. The molecule has 0 spiro atoms. The number of allylic oxidation sites excluding steroid dienone is 9. The lowest BCUT2D eigenvalue weighted by molar-refractivity contribution is 0.158. The molecule has 2 aromatic carbocycles. The first-order valence-corrected chi connectivity index (χ1v) is 17.8. The van der Waals surface area contributed by atoms with Crippen molar-refractivity contribution in [2.75, 3.05) is 0 Å². The van der Waals surface area contributed by atoms with E-state index >= 15 is 0 Å². The summed E-state index contributed by atoms with van der Waals surface area (Å²) in [7, 11) is -1.37. The predicted molar refractivity (Wildman–Crippen MR) is 161 cm³/mol. The summed E-state index contributed by atoms with van der Waals surface area (Å²) >= 11 is 0. The molecule has 0 aromatic heterocycles. The zero-order chi connectivity index (χ0) is 25.5. The third kappa shape index (κ3) is 4.02. The highest BCUT2D eigenvalue weighted by molar-refractivity contribution is 6.79. The van der Waals surface area contributed by atoms with Crippen LogP contribution in [0.3, 0.4) is 0 Å². The molecule has 190 valence electrons. The van der Waals surface area contributed by atoms with E-state index in [1.165, 1.54) is 36.4 Å². The highest BCUT2D eigenvalue weighted by Gasteiger charge is 2.60. The standard InChI is InChI=1S/C36H42Si/c1-4-25-37(2,3)30-24-23-29(26-30)36(27-15-7-5-8-16-27,28-17-9-6-10-18-28)35-33-21-13-11-19-31(33)32-20-12-14-22-34(32)35/h4-22,29-35H,1,23-26H2,2-3H3. The smallest absolute Gasteiger partial charge is 0.0542 e. The molecule has 2 fully saturated rings. The Labute approximate surface area is 225 Å². The van der Waals surface area contributed by atoms with E-state index in [9.17, 15) is 0 Å². The number of hydrogen-bond acceptors (Lipinski definition) is 0. The van der Waals surface area contributed by atoms with E-state index < -0.39 is 8.07 Å². The van der Waals surface area contributed by atoms with Gasteiger partial charge >= 0.3 is 0 Å². The molecule has 0 aliphatic heterocycles. The molecule has 37 heavy (non-hydrogen) atoms. The second kappa shape index (κ2) is 9.91. The lowest BCUT2D eigenvalue weighted by atomic mass is 9.53. The minimum Gasteiger partial charge on any atom is -0.103 e. The zero-order valence-corrected chi connectivity index (χ0v) is 23.5. The third-order valence-corrected chi connectivity index (χ3v) is 14.7. The number of benzene rings is 2. The summed E-state index contributed by atoms with van der Waals surface area (Å²) < 4.78 is 0. The fourth-order valence-electron chi connectivity index (χ4n) is 9.00. The summed E-state index contributed by atoms with van der Waals surface area (Å²) in [6, 6.07) is 24.6. The largest absolute Gasteiger partial charge is 0.103 e. The molecule has 6 rings (SSSR count). The van der Waals surface area contributed by atoms with Gasteiger partial charge in [0.25, 0.3) is 0 Å². The highest BCUT2D eigenvalue weighted by Crippen LogP contribution is 2.65. The predicted octanol–water partition coefficient (Wildman–Crippen LogP) is 9.38. The van der Waals surface area contributed by atoms with E-state index in [0.717, 1.165) is 5.54 Å². The SMILES string of the molecule is C=CC[Si](C)(C)C1CCC(C(c2ccccc2)(c2ccccc2)C2C3C=CC=CC3C3C=CC=CC32)C1. The Hall–Kier alpha value is -2.64. The van der Waals surface area contributed by atoms with E-state index in [2.05, 4.69) is 135 Å². The second-order valence-corrected chi connectivity index (χ2v) is 17.9. The van der Waals surface area contributed by atoms with Gasteiger partial charge in [-0.15, -0.1) is 6.58 Å². The van der Waals surface area contributed by atoms with Crippen LogP contribution >= 0.6 is 0 Å². The fourth-order valence-corrected chi connectivity index (χ4v) is 11.9. The van der Waals surface area contributed by atoms with E-state index in [4.69, 9.17) is 0 Å². The van der Waals surface area contributed by atoms with Crippen LogP contribution in [0, 0.1) is 35.5 Å². The van der Waals surface area contributed by atoms with Gasteiger partial charge in [-0.05, 0) is 71.1 Å². The summed E-state index contributed by atoms with van der Waals surface area (Å²) in [5.74, 6) is 3.42. The monoisotopic (exact) mass is 502 g/mol. The van der Waals surface area contributed by atoms with Crippen LogP contribution in [-0.4, -0.2) is 8.07 Å². The van der Waals surface area contributed by atoms with Gasteiger partial charge < -0.3 is 0 Å².